The van der Waals surface area contributed by atoms with Crippen LogP contribution in [0.5, 0.6) is 0 Å². The van der Waals surface area contributed by atoms with Gasteiger partial charge < -0.3 is 21.4 Å². The summed E-state index contributed by atoms with van der Waals surface area (Å²) < 4.78 is 0. The SMILES string of the molecule is Cl.NCC(=O)N[C@@H](Cc1c[nH]c2ccccc12)C(=O)Nc1ccc2ccccc2c1. The number of halogens is 1. The number of hydrogen-bond donors (Lipinski definition) is 4. The van der Waals surface area contributed by atoms with Gasteiger partial charge in [-0.1, -0.05) is 48.5 Å². The standard InChI is InChI=1S/C23H22N4O2.ClH/c24-13-22(28)27-21(12-17-14-25-20-8-4-3-7-19(17)20)23(29)26-18-10-9-15-5-1-2-6-16(15)11-18;/h1-11,14,21,25H,12-13,24H2,(H,26,29)(H,27,28);1H/t21-;/m0./s1. The number of benzene rings is 3. The molecule has 0 unspecified atom stereocenters. The Morgan fingerprint density at radius 3 is 2.50 bits per heavy atom. The third-order valence-corrected chi connectivity index (χ3v) is 4.95. The number of nitrogens with two attached hydrogens (primary N) is 1. The molecule has 4 rings (SSSR count). The lowest BCUT2D eigenvalue weighted by Crippen LogP contribution is -2.47. The lowest BCUT2D eigenvalue weighted by molar-refractivity contribution is -0.125. The normalized spacial score (nSPS) is 11.6. The van der Waals surface area contributed by atoms with Crippen molar-refractivity contribution in [3.8, 4) is 0 Å². The van der Waals surface area contributed by atoms with Crippen LogP contribution in [0.1, 0.15) is 5.56 Å². The fourth-order valence-electron chi connectivity index (χ4n) is 3.48. The number of para-hydroxylation sites is 1. The quantitative estimate of drug-likeness (QED) is 0.383. The van der Waals surface area contributed by atoms with Crippen LogP contribution in [0.3, 0.4) is 0 Å². The topological polar surface area (TPSA) is 100 Å². The molecule has 2 amide bonds. The third-order valence-electron chi connectivity index (χ3n) is 4.95. The summed E-state index contributed by atoms with van der Waals surface area (Å²) in [4.78, 5) is 28.1. The number of anilines is 1. The summed E-state index contributed by atoms with van der Waals surface area (Å²) in [6, 6.07) is 20.8. The predicted molar refractivity (Wildman–Crippen MR) is 123 cm³/mol. The van der Waals surface area contributed by atoms with Gasteiger partial charge in [0.15, 0.2) is 0 Å². The minimum atomic E-state index is -0.739. The number of hydrogen-bond acceptors (Lipinski definition) is 3. The molecule has 0 fully saturated rings. The van der Waals surface area contributed by atoms with Crippen LogP contribution >= 0.6 is 12.4 Å². The number of amides is 2. The summed E-state index contributed by atoms with van der Waals surface area (Å²) in [5, 5.41) is 8.81. The molecule has 0 aliphatic rings. The third kappa shape index (κ3) is 4.62. The van der Waals surface area contributed by atoms with E-state index < -0.39 is 6.04 Å². The van der Waals surface area contributed by atoms with Crippen LogP contribution in [0.4, 0.5) is 5.69 Å². The van der Waals surface area contributed by atoms with Crippen molar-refractivity contribution < 1.29 is 9.59 Å². The van der Waals surface area contributed by atoms with Gasteiger partial charge in [0.25, 0.3) is 0 Å². The zero-order chi connectivity index (χ0) is 20.2. The van der Waals surface area contributed by atoms with Crippen molar-refractivity contribution in [2.45, 2.75) is 12.5 Å². The van der Waals surface area contributed by atoms with Gasteiger partial charge in [0.2, 0.25) is 11.8 Å². The van der Waals surface area contributed by atoms with E-state index in [-0.39, 0.29) is 30.8 Å². The first-order chi connectivity index (χ1) is 14.1. The Morgan fingerprint density at radius 2 is 1.70 bits per heavy atom. The lowest BCUT2D eigenvalue weighted by Gasteiger charge is -2.18. The maximum absolute atomic E-state index is 13.0. The summed E-state index contributed by atoms with van der Waals surface area (Å²) in [7, 11) is 0. The van der Waals surface area contributed by atoms with Crippen LogP contribution in [0.25, 0.3) is 21.7 Å². The van der Waals surface area contributed by atoms with Crippen molar-refractivity contribution in [3.63, 3.8) is 0 Å². The van der Waals surface area contributed by atoms with Gasteiger partial charge in [0.1, 0.15) is 6.04 Å². The van der Waals surface area contributed by atoms with Crippen LogP contribution in [0, 0.1) is 0 Å². The molecule has 0 spiro atoms. The monoisotopic (exact) mass is 422 g/mol. The summed E-state index contributed by atoms with van der Waals surface area (Å²) in [6.07, 6.45) is 2.23. The van der Waals surface area contributed by atoms with Crippen molar-refractivity contribution in [2.24, 2.45) is 5.73 Å². The van der Waals surface area contributed by atoms with Crippen molar-refractivity contribution in [1.82, 2.24) is 10.3 Å². The zero-order valence-electron chi connectivity index (χ0n) is 16.2. The smallest absolute Gasteiger partial charge is 0.247 e. The van der Waals surface area contributed by atoms with Crippen LogP contribution in [-0.4, -0.2) is 29.4 Å². The van der Waals surface area contributed by atoms with Gasteiger partial charge in [-0.25, -0.2) is 0 Å². The highest BCUT2D eigenvalue weighted by molar-refractivity contribution is 5.99. The van der Waals surface area contributed by atoms with Crippen LogP contribution in [0.15, 0.2) is 72.9 Å². The van der Waals surface area contributed by atoms with E-state index >= 15 is 0 Å². The first-order valence-electron chi connectivity index (χ1n) is 9.48. The number of aromatic nitrogens is 1. The van der Waals surface area contributed by atoms with Crippen LogP contribution in [-0.2, 0) is 16.0 Å². The highest BCUT2D eigenvalue weighted by atomic mass is 35.5. The van der Waals surface area contributed by atoms with Gasteiger partial charge in [-0.05, 0) is 34.5 Å². The second-order valence-electron chi connectivity index (χ2n) is 6.94. The van der Waals surface area contributed by atoms with Gasteiger partial charge in [-0.15, -0.1) is 12.4 Å². The Balaban J connectivity index is 0.00000256. The number of carbonyl (C=O) groups is 2. The molecule has 1 heterocycles. The number of carbonyl (C=O) groups excluding carboxylic acids is 2. The molecule has 154 valence electrons. The molecule has 0 aliphatic heterocycles. The molecule has 1 atom stereocenters. The Bertz CT molecular complexity index is 1190. The molecule has 0 saturated carbocycles. The van der Waals surface area contributed by atoms with Crippen molar-refractivity contribution >= 4 is 51.6 Å². The average Bonchev–Trinajstić information content (AvgIpc) is 3.16. The van der Waals surface area contributed by atoms with Gasteiger partial charge >= 0.3 is 0 Å². The highest BCUT2D eigenvalue weighted by Gasteiger charge is 2.22. The molecule has 0 radical (unpaired) electrons. The van der Waals surface area contributed by atoms with Gasteiger partial charge in [0, 0.05) is 29.2 Å². The minimum absolute atomic E-state index is 0. The molecule has 1 aromatic heterocycles. The molecular formula is C23H23ClN4O2. The number of rotatable bonds is 6. The Kier molecular flexibility index (Phi) is 6.72. The average molecular weight is 423 g/mol. The maximum atomic E-state index is 13.0. The van der Waals surface area contributed by atoms with E-state index in [1.54, 1.807) is 0 Å². The summed E-state index contributed by atoms with van der Waals surface area (Å²) in [6.45, 7) is -0.173. The molecule has 5 N–H and O–H groups in total. The van der Waals surface area contributed by atoms with Crippen LogP contribution < -0.4 is 16.4 Å². The van der Waals surface area contributed by atoms with Gasteiger partial charge in [-0.2, -0.15) is 0 Å². The number of fused-ring (bicyclic) bond motifs is 2. The molecule has 0 bridgehead atoms. The molecule has 6 nitrogen and oxygen atoms in total. The molecule has 3 aromatic carbocycles. The highest BCUT2D eigenvalue weighted by Crippen LogP contribution is 2.21. The molecule has 30 heavy (non-hydrogen) atoms. The first-order valence-corrected chi connectivity index (χ1v) is 9.48. The van der Waals surface area contributed by atoms with E-state index in [1.807, 2.05) is 72.9 Å². The summed E-state index contributed by atoms with van der Waals surface area (Å²) in [5.41, 5.74) is 8.07. The van der Waals surface area contributed by atoms with Gasteiger partial charge in [0.05, 0.1) is 6.54 Å². The molecule has 7 heteroatoms. The van der Waals surface area contributed by atoms with E-state index in [2.05, 4.69) is 15.6 Å². The zero-order valence-corrected chi connectivity index (χ0v) is 17.0. The number of aromatic amines is 1. The van der Waals surface area contributed by atoms with Gasteiger partial charge in [-0.3, -0.25) is 9.59 Å². The second kappa shape index (κ2) is 9.43. The summed E-state index contributed by atoms with van der Waals surface area (Å²) >= 11 is 0. The molecule has 0 aliphatic carbocycles. The van der Waals surface area contributed by atoms with Crippen molar-refractivity contribution in [2.75, 3.05) is 11.9 Å². The minimum Gasteiger partial charge on any atom is -0.361 e. The molecule has 4 aromatic rings. The number of H-pyrrole nitrogens is 1. The Morgan fingerprint density at radius 1 is 0.967 bits per heavy atom. The fourth-order valence-corrected chi connectivity index (χ4v) is 3.48. The van der Waals surface area contributed by atoms with E-state index in [0.29, 0.717) is 12.1 Å². The number of nitrogens with one attached hydrogen (secondary N) is 3. The van der Waals surface area contributed by atoms with E-state index in [1.165, 1.54) is 0 Å². The van der Waals surface area contributed by atoms with E-state index in [0.717, 1.165) is 27.2 Å². The Labute approximate surface area is 180 Å². The molecule has 0 saturated heterocycles. The fraction of sp³-hybridized carbons (Fsp3) is 0.130. The maximum Gasteiger partial charge on any atom is 0.247 e. The predicted octanol–water partition coefficient (Wildman–Crippen LogP) is 3.37. The second-order valence-corrected chi connectivity index (χ2v) is 6.94. The Hall–Kier alpha value is -3.35. The lowest BCUT2D eigenvalue weighted by atomic mass is 10.0. The summed E-state index contributed by atoms with van der Waals surface area (Å²) in [5.74, 6) is -0.657. The van der Waals surface area contributed by atoms with Crippen molar-refractivity contribution in [3.05, 3.63) is 78.5 Å². The van der Waals surface area contributed by atoms with E-state index in [9.17, 15) is 9.59 Å². The molecular weight excluding hydrogens is 400 g/mol. The van der Waals surface area contributed by atoms with E-state index in [4.69, 9.17) is 5.73 Å². The van der Waals surface area contributed by atoms with Crippen LogP contribution in [0.2, 0.25) is 0 Å². The van der Waals surface area contributed by atoms with Crippen molar-refractivity contribution in [1.29, 1.82) is 0 Å². The largest absolute Gasteiger partial charge is 0.361 e. The first kappa shape index (κ1) is 21.4.